The van der Waals surface area contributed by atoms with E-state index in [9.17, 15) is 4.79 Å². The highest BCUT2D eigenvalue weighted by atomic mass is 32.1. The van der Waals surface area contributed by atoms with Crippen LogP contribution in [-0.2, 0) is 11.2 Å². The molecule has 1 N–H and O–H groups in total. The molecule has 1 aromatic heterocycles. The van der Waals surface area contributed by atoms with E-state index in [-0.39, 0.29) is 6.42 Å². The van der Waals surface area contributed by atoms with Gasteiger partial charge in [-0.05, 0) is 19.1 Å². The number of rotatable bonds is 5. The summed E-state index contributed by atoms with van der Waals surface area (Å²) in [4.78, 5) is 15.6. The first kappa shape index (κ1) is 12.6. The van der Waals surface area contributed by atoms with Crippen molar-refractivity contribution in [2.24, 2.45) is 0 Å². The maximum atomic E-state index is 10.6. The Hall–Kier alpha value is -1.88. The van der Waals surface area contributed by atoms with Crippen molar-refractivity contribution in [3.05, 3.63) is 35.3 Å². The predicted molar refractivity (Wildman–Crippen MR) is 70.1 cm³/mol. The van der Waals surface area contributed by atoms with Crippen LogP contribution in [0.3, 0.4) is 0 Å². The molecular weight excluding hydrogens is 250 g/mol. The second kappa shape index (κ2) is 5.64. The van der Waals surface area contributed by atoms with Gasteiger partial charge in [0.1, 0.15) is 10.8 Å². The lowest BCUT2D eigenvalue weighted by Crippen LogP contribution is -1.97. The standard InChI is InChI=1S/C13H13NO3S/c1-2-17-10-5-3-4-9(6-10)13-14-8-11(18-13)7-12(15)16/h3-6,8H,2,7H2,1H3,(H,15,16). The van der Waals surface area contributed by atoms with Gasteiger partial charge in [-0.3, -0.25) is 4.79 Å². The lowest BCUT2D eigenvalue weighted by Gasteiger charge is -2.03. The molecule has 94 valence electrons. The summed E-state index contributed by atoms with van der Waals surface area (Å²) >= 11 is 1.39. The number of carboxylic acids is 1. The molecule has 1 aromatic carbocycles. The monoisotopic (exact) mass is 263 g/mol. The molecule has 0 saturated carbocycles. The molecule has 0 spiro atoms. The zero-order valence-corrected chi connectivity index (χ0v) is 10.7. The van der Waals surface area contributed by atoms with Gasteiger partial charge in [0.2, 0.25) is 0 Å². The van der Waals surface area contributed by atoms with E-state index in [0.29, 0.717) is 6.61 Å². The zero-order chi connectivity index (χ0) is 13.0. The molecule has 0 amide bonds. The van der Waals surface area contributed by atoms with Gasteiger partial charge in [0.05, 0.1) is 13.0 Å². The molecule has 0 bridgehead atoms. The molecule has 1 heterocycles. The van der Waals surface area contributed by atoms with E-state index < -0.39 is 5.97 Å². The quantitative estimate of drug-likeness (QED) is 0.901. The number of nitrogens with zero attached hydrogens (tertiary/aromatic N) is 1. The topological polar surface area (TPSA) is 59.4 Å². The van der Waals surface area contributed by atoms with Gasteiger partial charge < -0.3 is 9.84 Å². The lowest BCUT2D eigenvalue weighted by atomic mass is 10.2. The van der Waals surface area contributed by atoms with Crippen molar-refractivity contribution < 1.29 is 14.6 Å². The Morgan fingerprint density at radius 2 is 2.33 bits per heavy atom. The largest absolute Gasteiger partial charge is 0.494 e. The summed E-state index contributed by atoms with van der Waals surface area (Å²) in [6.07, 6.45) is 1.63. The Balaban J connectivity index is 2.22. The van der Waals surface area contributed by atoms with Crippen molar-refractivity contribution in [1.82, 2.24) is 4.98 Å². The van der Waals surface area contributed by atoms with E-state index in [0.717, 1.165) is 21.2 Å². The average molecular weight is 263 g/mol. The lowest BCUT2D eigenvalue weighted by molar-refractivity contribution is -0.136. The molecule has 18 heavy (non-hydrogen) atoms. The first-order chi connectivity index (χ1) is 8.69. The van der Waals surface area contributed by atoms with Gasteiger partial charge in [0, 0.05) is 16.6 Å². The van der Waals surface area contributed by atoms with Crippen molar-refractivity contribution >= 4 is 17.3 Å². The van der Waals surface area contributed by atoms with Crippen molar-refractivity contribution in [1.29, 1.82) is 0 Å². The summed E-state index contributed by atoms with van der Waals surface area (Å²) in [6.45, 7) is 2.55. The minimum Gasteiger partial charge on any atom is -0.494 e. The maximum Gasteiger partial charge on any atom is 0.308 e. The fourth-order valence-corrected chi connectivity index (χ4v) is 2.46. The first-order valence-electron chi connectivity index (χ1n) is 5.58. The Morgan fingerprint density at radius 3 is 3.06 bits per heavy atom. The summed E-state index contributed by atoms with van der Waals surface area (Å²) in [5.41, 5.74) is 0.947. The molecule has 4 nitrogen and oxygen atoms in total. The molecular formula is C13H13NO3S. The molecule has 2 rings (SSSR count). The zero-order valence-electron chi connectivity index (χ0n) is 9.92. The highest BCUT2D eigenvalue weighted by Crippen LogP contribution is 2.28. The van der Waals surface area contributed by atoms with Crippen LogP contribution < -0.4 is 4.74 Å². The minimum absolute atomic E-state index is 0.0167. The third-order valence-corrected chi connectivity index (χ3v) is 3.32. The molecule has 0 aliphatic rings. The molecule has 0 atom stereocenters. The van der Waals surface area contributed by atoms with Gasteiger partial charge in [-0.25, -0.2) is 4.98 Å². The van der Waals surface area contributed by atoms with E-state index in [4.69, 9.17) is 9.84 Å². The van der Waals surface area contributed by atoms with Gasteiger partial charge in [0.25, 0.3) is 0 Å². The van der Waals surface area contributed by atoms with Crippen LogP contribution in [0.4, 0.5) is 0 Å². The normalized spacial score (nSPS) is 10.3. The number of carboxylic acid groups (broad SMARTS) is 1. The Bertz CT molecular complexity index is 551. The van der Waals surface area contributed by atoms with E-state index in [1.54, 1.807) is 6.20 Å². The number of hydrogen-bond acceptors (Lipinski definition) is 4. The van der Waals surface area contributed by atoms with Gasteiger partial charge in [-0.1, -0.05) is 12.1 Å². The van der Waals surface area contributed by atoms with Crippen molar-refractivity contribution in [3.8, 4) is 16.3 Å². The molecule has 2 aromatic rings. The highest BCUT2D eigenvalue weighted by Gasteiger charge is 2.08. The molecule has 0 aliphatic carbocycles. The number of hydrogen-bond donors (Lipinski definition) is 1. The van der Waals surface area contributed by atoms with Crippen molar-refractivity contribution in [2.45, 2.75) is 13.3 Å². The number of aliphatic carboxylic acids is 1. The molecule has 0 aliphatic heterocycles. The van der Waals surface area contributed by atoms with Crippen LogP contribution in [0.5, 0.6) is 5.75 Å². The predicted octanol–water partition coefficient (Wildman–Crippen LogP) is 2.84. The smallest absolute Gasteiger partial charge is 0.308 e. The summed E-state index contributed by atoms with van der Waals surface area (Å²) in [6, 6.07) is 7.64. The summed E-state index contributed by atoms with van der Waals surface area (Å²) in [5, 5.41) is 9.53. The number of thiazole rings is 1. The van der Waals surface area contributed by atoms with Crippen molar-refractivity contribution in [3.63, 3.8) is 0 Å². The molecule has 0 saturated heterocycles. The van der Waals surface area contributed by atoms with Gasteiger partial charge >= 0.3 is 5.97 Å². The third kappa shape index (κ3) is 3.07. The summed E-state index contributed by atoms with van der Waals surface area (Å²) in [5.74, 6) is -0.0433. The van der Waals surface area contributed by atoms with E-state index in [1.165, 1.54) is 11.3 Å². The van der Waals surface area contributed by atoms with E-state index in [1.807, 2.05) is 31.2 Å². The van der Waals surface area contributed by atoms with Crippen LogP contribution in [0.15, 0.2) is 30.5 Å². The number of benzene rings is 1. The van der Waals surface area contributed by atoms with Crippen LogP contribution >= 0.6 is 11.3 Å². The fraction of sp³-hybridized carbons (Fsp3) is 0.231. The van der Waals surface area contributed by atoms with Crippen LogP contribution in [-0.4, -0.2) is 22.7 Å². The van der Waals surface area contributed by atoms with Crippen LogP contribution in [0.2, 0.25) is 0 Å². The first-order valence-corrected chi connectivity index (χ1v) is 6.40. The van der Waals surface area contributed by atoms with Crippen LogP contribution in [0.1, 0.15) is 11.8 Å². The Kier molecular flexibility index (Phi) is 3.94. The van der Waals surface area contributed by atoms with Crippen LogP contribution in [0.25, 0.3) is 10.6 Å². The molecule has 5 heteroatoms. The van der Waals surface area contributed by atoms with E-state index in [2.05, 4.69) is 4.98 Å². The Labute approximate surface area is 109 Å². The van der Waals surface area contributed by atoms with Gasteiger partial charge in [-0.15, -0.1) is 11.3 Å². The third-order valence-electron chi connectivity index (χ3n) is 2.27. The summed E-state index contributed by atoms with van der Waals surface area (Å²) < 4.78 is 5.42. The van der Waals surface area contributed by atoms with Crippen molar-refractivity contribution in [2.75, 3.05) is 6.61 Å². The summed E-state index contributed by atoms with van der Waals surface area (Å²) in [7, 11) is 0. The maximum absolute atomic E-state index is 10.6. The van der Waals surface area contributed by atoms with Crippen LogP contribution in [0, 0.1) is 0 Å². The molecule has 0 fully saturated rings. The molecule has 0 unspecified atom stereocenters. The second-order valence-electron chi connectivity index (χ2n) is 3.66. The van der Waals surface area contributed by atoms with Gasteiger partial charge in [-0.2, -0.15) is 0 Å². The minimum atomic E-state index is -0.840. The average Bonchev–Trinajstić information content (AvgIpc) is 2.77. The number of ether oxygens (including phenoxy) is 1. The molecule has 0 radical (unpaired) electrons. The number of carbonyl (C=O) groups is 1. The SMILES string of the molecule is CCOc1cccc(-c2ncc(CC(=O)O)s2)c1. The fourth-order valence-electron chi connectivity index (χ4n) is 1.56. The van der Waals surface area contributed by atoms with Gasteiger partial charge in [0.15, 0.2) is 0 Å². The number of aromatic nitrogens is 1. The Morgan fingerprint density at radius 1 is 1.50 bits per heavy atom. The highest BCUT2D eigenvalue weighted by molar-refractivity contribution is 7.15. The second-order valence-corrected chi connectivity index (χ2v) is 4.78. The van der Waals surface area contributed by atoms with E-state index >= 15 is 0 Å².